The second-order valence-corrected chi connectivity index (χ2v) is 13.9. The zero-order valence-corrected chi connectivity index (χ0v) is 24.5. The lowest BCUT2D eigenvalue weighted by molar-refractivity contribution is -0.362. The standard InChI is InChI=1S/C33H39F5O4/c1-28(2)41-16-15-30(4,42-28)21-8-5-19(6-9-21)25-18-29(3)26(13-14-31(29,40)32(34,35)33(36,37)38)24-11-7-20-17-22(39)10-12-23(20)27(24)25/h5-6,8-9,17,24-26,40H,7,10-16,18H2,1-4H3/t24?,25-,26?,29+,30?,31+/m1/s1. The number of rotatable bonds is 3. The molecular formula is C33H39F5O4. The van der Waals surface area contributed by atoms with E-state index in [-0.39, 0.29) is 24.5 Å². The Balaban J connectivity index is 1.46. The number of hydrogen-bond donors (Lipinski definition) is 1. The molecule has 3 unspecified atom stereocenters. The van der Waals surface area contributed by atoms with Crippen LogP contribution >= 0.6 is 0 Å². The molecule has 4 aliphatic carbocycles. The largest absolute Gasteiger partial charge is 0.456 e. The molecule has 1 N–H and O–H groups in total. The number of aliphatic hydroxyl groups is 1. The lowest BCUT2D eigenvalue weighted by atomic mass is 9.50. The van der Waals surface area contributed by atoms with Gasteiger partial charge in [-0.15, -0.1) is 0 Å². The van der Waals surface area contributed by atoms with Crippen LogP contribution in [-0.2, 0) is 19.9 Å². The van der Waals surface area contributed by atoms with Crippen molar-refractivity contribution >= 4 is 5.78 Å². The van der Waals surface area contributed by atoms with Crippen LogP contribution < -0.4 is 0 Å². The molecule has 42 heavy (non-hydrogen) atoms. The van der Waals surface area contributed by atoms with Crippen LogP contribution in [0.2, 0.25) is 0 Å². The van der Waals surface area contributed by atoms with Crippen LogP contribution in [0.3, 0.4) is 0 Å². The Hall–Kier alpha value is -2.10. The Bertz CT molecular complexity index is 1340. The molecule has 2 saturated carbocycles. The molecule has 3 fully saturated rings. The molecule has 1 heterocycles. The molecule has 4 nitrogen and oxygen atoms in total. The van der Waals surface area contributed by atoms with Gasteiger partial charge < -0.3 is 14.6 Å². The minimum Gasteiger partial charge on any atom is -0.383 e. The summed E-state index contributed by atoms with van der Waals surface area (Å²) in [7, 11) is 0. The first-order chi connectivity index (χ1) is 19.4. The van der Waals surface area contributed by atoms with E-state index in [9.17, 15) is 23.1 Å². The number of fused-ring (bicyclic) bond motifs is 4. The van der Waals surface area contributed by atoms with Gasteiger partial charge in [0.2, 0.25) is 0 Å². The Morgan fingerprint density at radius 3 is 2.26 bits per heavy atom. The summed E-state index contributed by atoms with van der Waals surface area (Å²) >= 11 is 0. The zero-order chi connectivity index (χ0) is 30.5. The van der Waals surface area contributed by atoms with E-state index in [1.165, 1.54) is 6.92 Å². The van der Waals surface area contributed by atoms with Crippen molar-refractivity contribution in [2.45, 2.75) is 114 Å². The van der Waals surface area contributed by atoms with Gasteiger partial charge in [0.1, 0.15) is 5.60 Å². The summed E-state index contributed by atoms with van der Waals surface area (Å²) in [5, 5.41) is 11.5. The SMILES string of the molecule is CC1(C)OCCC(C)(c2ccc([C@H]3C[C@@]4(C)C(CC[C@@]4(O)C(F)(F)C(F)(F)F)C4CCC5=CC(=O)CCC5=C43)cc2)O1. The van der Waals surface area contributed by atoms with Gasteiger partial charge in [-0.05, 0) is 99.5 Å². The minimum atomic E-state index is -5.87. The number of ketones is 1. The molecule has 0 aromatic heterocycles. The van der Waals surface area contributed by atoms with Gasteiger partial charge in [0, 0.05) is 24.2 Å². The second-order valence-electron chi connectivity index (χ2n) is 13.9. The van der Waals surface area contributed by atoms with Crippen LogP contribution in [0, 0.1) is 17.3 Å². The van der Waals surface area contributed by atoms with E-state index in [1.54, 1.807) is 6.08 Å². The van der Waals surface area contributed by atoms with Crippen LogP contribution in [0.25, 0.3) is 0 Å². The van der Waals surface area contributed by atoms with Gasteiger partial charge in [0.25, 0.3) is 0 Å². The summed E-state index contributed by atoms with van der Waals surface area (Å²) in [6.07, 6.45) is -2.07. The van der Waals surface area contributed by atoms with Crippen molar-refractivity contribution < 1.29 is 41.3 Å². The monoisotopic (exact) mass is 594 g/mol. The normalized spacial score (nSPS) is 38.5. The van der Waals surface area contributed by atoms with E-state index in [0.29, 0.717) is 38.7 Å². The fraction of sp³-hybridized carbons (Fsp3) is 0.667. The van der Waals surface area contributed by atoms with Crippen molar-refractivity contribution in [2.75, 3.05) is 6.61 Å². The Morgan fingerprint density at radius 1 is 0.929 bits per heavy atom. The average Bonchev–Trinajstić information content (AvgIpc) is 3.18. The van der Waals surface area contributed by atoms with Gasteiger partial charge >= 0.3 is 12.1 Å². The number of alkyl halides is 5. The van der Waals surface area contributed by atoms with E-state index in [2.05, 4.69) is 0 Å². The number of ether oxygens (including phenoxy) is 2. The van der Waals surface area contributed by atoms with Crippen molar-refractivity contribution in [2.24, 2.45) is 17.3 Å². The maximum atomic E-state index is 15.2. The molecule has 5 aliphatic rings. The van der Waals surface area contributed by atoms with Crippen molar-refractivity contribution in [3.63, 3.8) is 0 Å². The molecule has 0 bridgehead atoms. The number of hydrogen-bond acceptors (Lipinski definition) is 4. The highest BCUT2D eigenvalue weighted by Crippen LogP contribution is 2.70. The van der Waals surface area contributed by atoms with Gasteiger partial charge in [0.05, 0.1) is 12.2 Å². The van der Waals surface area contributed by atoms with Gasteiger partial charge in [-0.2, -0.15) is 22.0 Å². The van der Waals surface area contributed by atoms with Gasteiger partial charge in [-0.1, -0.05) is 36.8 Å². The summed E-state index contributed by atoms with van der Waals surface area (Å²) in [6, 6.07) is 7.74. The van der Waals surface area contributed by atoms with E-state index in [4.69, 9.17) is 9.47 Å². The second kappa shape index (κ2) is 9.45. The maximum absolute atomic E-state index is 15.2. The van der Waals surface area contributed by atoms with Crippen molar-refractivity contribution in [3.8, 4) is 0 Å². The third kappa shape index (κ3) is 4.27. The number of carbonyl (C=O) groups excluding carboxylic acids is 1. The Kier molecular flexibility index (Phi) is 6.74. The number of allylic oxidation sites excluding steroid dienone is 4. The maximum Gasteiger partial charge on any atom is 0.456 e. The Morgan fingerprint density at radius 2 is 1.62 bits per heavy atom. The predicted octanol–water partition coefficient (Wildman–Crippen LogP) is 7.90. The van der Waals surface area contributed by atoms with Gasteiger partial charge in [0.15, 0.2) is 11.6 Å². The summed E-state index contributed by atoms with van der Waals surface area (Å²) in [6.45, 7) is 7.67. The third-order valence-corrected chi connectivity index (χ3v) is 11.2. The molecule has 1 aliphatic heterocycles. The highest BCUT2D eigenvalue weighted by atomic mass is 19.4. The average molecular weight is 595 g/mol. The smallest absolute Gasteiger partial charge is 0.383 e. The first-order valence-corrected chi connectivity index (χ1v) is 15.0. The Labute approximate surface area is 243 Å². The molecule has 1 aromatic rings. The summed E-state index contributed by atoms with van der Waals surface area (Å²) in [4.78, 5) is 12.3. The molecule has 0 amide bonds. The lowest BCUT2D eigenvalue weighted by Crippen LogP contribution is -2.65. The molecule has 230 valence electrons. The van der Waals surface area contributed by atoms with E-state index >= 15 is 8.78 Å². The number of halogens is 5. The first kappa shape index (κ1) is 29.9. The topological polar surface area (TPSA) is 55.8 Å². The van der Waals surface area contributed by atoms with Crippen molar-refractivity contribution in [1.29, 1.82) is 0 Å². The molecule has 0 spiro atoms. The fourth-order valence-electron chi connectivity index (χ4n) is 9.10. The first-order valence-electron chi connectivity index (χ1n) is 15.0. The molecule has 9 heteroatoms. The molecular weight excluding hydrogens is 555 g/mol. The quantitative estimate of drug-likeness (QED) is 0.362. The molecule has 1 saturated heterocycles. The van der Waals surface area contributed by atoms with Crippen LogP contribution in [0.1, 0.15) is 96.1 Å². The minimum absolute atomic E-state index is 0.0373. The predicted molar refractivity (Wildman–Crippen MR) is 146 cm³/mol. The van der Waals surface area contributed by atoms with Gasteiger partial charge in [-0.25, -0.2) is 0 Å². The lowest BCUT2D eigenvalue weighted by Gasteiger charge is -2.56. The summed E-state index contributed by atoms with van der Waals surface area (Å²) < 4.78 is 83.8. The van der Waals surface area contributed by atoms with Crippen LogP contribution in [0.15, 0.2) is 47.1 Å². The fourth-order valence-corrected chi connectivity index (χ4v) is 9.10. The van der Waals surface area contributed by atoms with E-state index in [1.807, 2.05) is 45.0 Å². The zero-order valence-electron chi connectivity index (χ0n) is 24.5. The highest BCUT2D eigenvalue weighted by molar-refractivity contribution is 5.93. The summed E-state index contributed by atoms with van der Waals surface area (Å²) in [5.41, 5.74) is -0.693. The number of carbonyl (C=O) groups is 1. The summed E-state index contributed by atoms with van der Waals surface area (Å²) in [5.74, 6) is -7.19. The van der Waals surface area contributed by atoms with Crippen LogP contribution in [-0.4, -0.2) is 41.0 Å². The highest BCUT2D eigenvalue weighted by Gasteiger charge is 2.79. The van der Waals surface area contributed by atoms with Crippen molar-refractivity contribution in [3.05, 3.63) is 58.2 Å². The van der Waals surface area contributed by atoms with E-state index < -0.39 is 52.8 Å². The van der Waals surface area contributed by atoms with Crippen molar-refractivity contribution in [1.82, 2.24) is 0 Å². The van der Waals surface area contributed by atoms with Crippen LogP contribution in [0.4, 0.5) is 22.0 Å². The van der Waals surface area contributed by atoms with Crippen LogP contribution in [0.5, 0.6) is 0 Å². The van der Waals surface area contributed by atoms with E-state index in [0.717, 1.165) is 27.8 Å². The van der Waals surface area contributed by atoms with Gasteiger partial charge in [-0.3, -0.25) is 4.79 Å². The molecule has 6 atom stereocenters. The molecule has 0 radical (unpaired) electrons. The molecule has 6 rings (SSSR count). The third-order valence-electron chi connectivity index (χ3n) is 11.2. The number of benzene rings is 1. The molecule has 1 aromatic carbocycles.